The third-order valence-corrected chi connectivity index (χ3v) is 7.56. The number of H-pyrrole nitrogens is 1. The highest BCUT2D eigenvalue weighted by atomic mass is 19.1. The zero-order valence-corrected chi connectivity index (χ0v) is 23.8. The van der Waals surface area contributed by atoms with Gasteiger partial charge in [-0.05, 0) is 65.1 Å². The molecule has 6 aromatic rings. The number of aromatic amines is 1. The van der Waals surface area contributed by atoms with Gasteiger partial charge in [-0.2, -0.15) is 5.10 Å². The molecular weight excluding hydrogens is 555 g/mol. The van der Waals surface area contributed by atoms with Crippen LogP contribution in [0.15, 0.2) is 103 Å². The van der Waals surface area contributed by atoms with Crippen molar-refractivity contribution in [1.82, 2.24) is 20.2 Å². The summed E-state index contributed by atoms with van der Waals surface area (Å²) in [6.45, 7) is 0. The molecular formula is C35H27FN6O2. The van der Waals surface area contributed by atoms with E-state index in [4.69, 9.17) is 9.72 Å². The van der Waals surface area contributed by atoms with Crippen LogP contribution in [0.2, 0.25) is 0 Å². The van der Waals surface area contributed by atoms with Gasteiger partial charge in [0.05, 0.1) is 42.3 Å². The summed E-state index contributed by atoms with van der Waals surface area (Å²) in [5, 5.41) is 14.1. The van der Waals surface area contributed by atoms with E-state index in [1.807, 2.05) is 72.8 Å². The molecule has 216 valence electrons. The van der Waals surface area contributed by atoms with E-state index in [2.05, 4.69) is 31.9 Å². The zero-order valence-electron chi connectivity index (χ0n) is 23.8. The molecule has 0 saturated carbocycles. The maximum Gasteiger partial charge on any atom is 0.228 e. The Kier molecular flexibility index (Phi) is 7.03. The molecule has 4 heterocycles. The van der Waals surface area contributed by atoms with E-state index in [0.29, 0.717) is 34.8 Å². The number of hydrogen-bond acceptors (Lipinski definition) is 6. The second-order valence-electron chi connectivity index (χ2n) is 10.5. The topological polar surface area (TPSA) is 105 Å². The van der Waals surface area contributed by atoms with Gasteiger partial charge in [0, 0.05) is 23.5 Å². The van der Waals surface area contributed by atoms with Crippen molar-refractivity contribution in [1.29, 1.82) is 0 Å². The number of nitrogens with one attached hydrogen (secondary N) is 3. The number of ether oxygens (including phenoxy) is 1. The van der Waals surface area contributed by atoms with Crippen LogP contribution in [0.1, 0.15) is 16.8 Å². The Morgan fingerprint density at radius 1 is 0.977 bits per heavy atom. The maximum absolute atomic E-state index is 14.3. The number of nitrogens with zero attached hydrogens (tertiary/aromatic N) is 3. The lowest BCUT2D eigenvalue weighted by Crippen LogP contribution is -2.14. The van der Waals surface area contributed by atoms with Crippen LogP contribution in [0.5, 0.6) is 5.75 Å². The second-order valence-corrected chi connectivity index (χ2v) is 10.5. The SMILES string of the molecule is COc1cc(F)cc(-c2cccc3c2CC=C(c2n[nH]c4ccc(-c5cncc(NC(=O)Cc6ccccc6)c5)nc24)N3)c1. The van der Waals surface area contributed by atoms with Crippen molar-refractivity contribution in [2.75, 3.05) is 17.7 Å². The molecule has 3 N–H and O–H groups in total. The standard InChI is InChI=1S/C35H27FN6O2/c1-44-26-17-22(15-24(36)18-26)27-8-5-9-30-28(27)10-11-31(39-30)35-34-32(41-42-35)13-12-29(40-34)23-16-25(20-37-19-23)38-33(43)14-21-6-3-2-4-7-21/h2-9,11-13,15-20,39H,10,14H2,1H3,(H,38,43)(H,41,42). The van der Waals surface area contributed by atoms with Crippen LogP contribution < -0.4 is 15.4 Å². The Labute approximate surface area is 252 Å². The number of amides is 1. The normalized spacial score (nSPS) is 12.3. The third kappa shape index (κ3) is 5.38. The van der Waals surface area contributed by atoms with Gasteiger partial charge < -0.3 is 15.4 Å². The van der Waals surface area contributed by atoms with Crippen LogP contribution in [0.3, 0.4) is 0 Å². The van der Waals surface area contributed by atoms with Crippen LogP contribution in [-0.4, -0.2) is 33.2 Å². The predicted molar refractivity (Wildman–Crippen MR) is 170 cm³/mol. The van der Waals surface area contributed by atoms with E-state index in [1.54, 1.807) is 12.4 Å². The highest BCUT2D eigenvalue weighted by Gasteiger charge is 2.20. The predicted octanol–water partition coefficient (Wildman–Crippen LogP) is 7.02. The number of hydrogen-bond donors (Lipinski definition) is 3. The summed E-state index contributed by atoms with van der Waals surface area (Å²) in [7, 11) is 1.53. The summed E-state index contributed by atoms with van der Waals surface area (Å²) < 4.78 is 19.6. The van der Waals surface area contributed by atoms with E-state index in [9.17, 15) is 9.18 Å². The molecule has 3 aromatic heterocycles. The monoisotopic (exact) mass is 582 g/mol. The highest BCUT2D eigenvalue weighted by Crippen LogP contribution is 2.37. The lowest BCUT2D eigenvalue weighted by molar-refractivity contribution is -0.115. The van der Waals surface area contributed by atoms with Crippen molar-refractivity contribution in [3.05, 3.63) is 126 Å². The molecule has 3 aromatic carbocycles. The van der Waals surface area contributed by atoms with Crippen LogP contribution in [0.4, 0.5) is 15.8 Å². The number of aromatic nitrogens is 4. The first-order valence-corrected chi connectivity index (χ1v) is 14.1. The minimum atomic E-state index is -0.350. The number of allylic oxidation sites excluding steroid dienone is 1. The van der Waals surface area contributed by atoms with Gasteiger partial charge in [0.1, 0.15) is 22.8 Å². The maximum atomic E-state index is 14.3. The molecule has 0 fully saturated rings. The molecule has 0 radical (unpaired) electrons. The number of carbonyl (C=O) groups excluding carboxylic acids is 1. The molecule has 44 heavy (non-hydrogen) atoms. The van der Waals surface area contributed by atoms with Crippen molar-refractivity contribution in [2.45, 2.75) is 12.8 Å². The Bertz CT molecular complexity index is 2050. The van der Waals surface area contributed by atoms with E-state index in [1.165, 1.54) is 19.2 Å². The summed E-state index contributed by atoms with van der Waals surface area (Å²) in [6.07, 6.45) is 6.30. The Hall–Kier alpha value is -5.83. The first kappa shape index (κ1) is 27.0. The molecule has 0 spiro atoms. The van der Waals surface area contributed by atoms with Gasteiger partial charge in [-0.15, -0.1) is 0 Å². The molecule has 7 rings (SSSR count). The smallest absolute Gasteiger partial charge is 0.228 e. The van der Waals surface area contributed by atoms with Crippen molar-refractivity contribution in [3.8, 4) is 28.1 Å². The van der Waals surface area contributed by atoms with Gasteiger partial charge in [0.15, 0.2) is 0 Å². The number of anilines is 2. The Balaban J connectivity index is 1.15. The highest BCUT2D eigenvalue weighted by molar-refractivity contribution is 5.95. The average Bonchev–Trinajstić information content (AvgIpc) is 3.48. The van der Waals surface area contributed by atoms with Crippen molar-refractivity contribution in [3.63, 3.8) is 0 Å². The molecule has 0 saturated heterocycles. The van der Waals surface area contributed by atoms with Gasteiger partial charge in [0.2, 0.25) is 5.91 Å². The molecule has 0 aliphatic carbocycles. The fourth-order valence-electron chi connectivity index (χ4n) is 5.47. The summed E-state index contributed by atoms with van der Waals surface area (Å²) in [5.41, 5.74) is 9.65. The number of fused-ring (bicyclic) bond motifs is 2. The van der Waals surface area contributed by atoms with Crippen molar-refractivity contribution >= 4 is 34.0 Å². The zero-order chi connectivity index (χ0) is 30.0. The van der Waals surface area contributed by atoms with E-state index in [0.717, 1.165) is 44.7 Å². The van der Waals surface area contributed by atoms with E-state index in [-0.39, 0.29) is 18.1 Å². The van der Waals surface area contributed by atoms with Crippen LogP contribution in [0, 0.1) is 5.82 Å². The number of carbonyl (C=O) groups is 1. The lowest BCUT2D eigenvalue weighted by Gasteiger charge is -2.21. The number of pyridine rings is 2. The summed E-state index contributed by atoms with van der Waals surface area (Å²) in [5.74, 6) is 0.000804. The molecule has 0 unspecified atom stereocenters. The molecule has 9 heteroatoms. The summed E-state index contributed by atoms with van der Waals surface area (Å²) >= 11 is 0. The molecule has 1 aliphatic heterocycles. The Morgan fingerprint density at radius 2 is 1.86 bits per heavy atom. The fourth-order valence-corrected chi connectivity index (χ4v) is 5.47. The number of methoxy groups -OCH3 is 1. The van der Waals surface area contributed by atoms with Gasteiger partial charge >= 0.3 is 0 Å². The van der Waals surface area contributed by atoms with E-state index < -0.39 is 0 Å². The lowest BCUT2D eigenvalue weighted by atomic mass is 9.93. The number of benzene rings is 3. The van der Waals surface area contributed by atoms with E-state index >= 15 is 0 Å². The summed E-state index contributed by atoms with van der Waals surface area (Å²) in [4.78, 5) is 21.9. The van der Waals surface area contributed by atoms with Gasteiger partial charge in [-0.3, -0.25) is 14.9 Å². The largest absolute Gasteiger partial charge is 0.497 e. The fraction of sp³-hybridized carbons (Fsp3) is 0.0857. The first-order chi connectivity index (χ1) is 21.5. The van der Waals surface area contributed by atoms with Crippen molar-refractivity contribution in [2.24, 2.45) is 0 Å². The van der Waals surface area contributed by atoms with Crippen LogP contribution >= 0.6 is 0 Å². The van der Waals surface area contributed by atoms with Crippen molar-refractivity contribution < 1.29 is 13.9 Å². The number of halogens is 1. The third-order valence-electron chi connectivity index (χ3n) is 7.56. The van der Waals surface area contributed by atoms with Gasteiger partial charge in [-0.25, -0.2) is 9.37 Å². The minimum absolute atomic E-state index is 0.119. The van der Waals surface area contributed by atoms with Crippen LogP contribution in [0.25, 0.3) is 39.1 Å². The average molecular weight is 583 g/mol. The molecule has 1 amide bonds. The molecule has 0 bridgehead atoms. The molecule has 0 atom stereocenters. The minimum Gasteiger partial charge on any atom is -0.497 e. The Morgan fingerprint density at radius 3 is 2.73 bits per heavy atom. The number of rotatable bonds is 7. The summed E-state index contributed by atoms with van der Waals surface area (Å²) in [6, 6.07) is 25.9. The molecule has 8 nitrogen and oxygen atoms in total. The first-order valence-electron chi connectivity index (χ1n) is 14.1. The van der Waals surface area contributed by atoms with Gasteiger partial charge in [-0.1, -0.05) is 48.5 Å². The second kappa shape index (κ2) is 11.4. The van der Waals surface area contributed by atoms with Gasteiger partial charge in [0.25, 0.3) is 0 Å². The van der Waals surface area contributed by atoms with Crippen LogP contribution in [-0.2, 0) is 17.6 Å². The quantitative estimate of drug-likeness (QED) is 0.187. The molecule has 1 aliphatic rings.